The summed E-state index contributed by atoms with van der Waals surface area (Å²) in [6.07, 6.45) is 3.76. The molecule has 0 unspecified atom stereocenters. The number of nitrogens with zero attached hydrogens (tertiary/aromatic N) is 5. The van der Waals surface area contributed by atoms with Crippen LogP contribution < -0.4 is 0 Å². The van der Waals surface area contributed by atoms with E-state index in [2.05, 4.69) is 146 Å². The summed E-state index contributed by atoms with van der Waals surface area (Å²) in [6.45, 7) is 0. The molecule has 7 aromatic carbocycles. The number of benzene rings is 7. The summed E-state index contributed by atoms with van der Waals surface area (Å²) in [4.78, 5) is 25.5. The van der Waals surface area contributed by atoms with E-state index in [0.717, 1.165) is 83.0 Å². The molecule has 262 valence electrons. The summed E-state index contributed by atoms with van der Waals surface area (Å²) in [5.41, 5.74) is 10.7. The third-order valence-corrected chi connectivity index (χ3v) is 10.2. The fraction of sp³-hybridized carbons (Fsp3) is 0. The zero-order valence-electron chi connectivity index (χ0n) is 30.3. The lowest BCUT2D eigenvalue weighted by Crippen LogP contribution is -2.01. The minimum absolute atomic E-state index is 0.572. The van der Waals surface area contributed by atoms with Gasteiger partial charge in [-0.3, -0.25) is 9.97 Å². The van der Waals surface area contributed by atoms with Gasteiger partial charge in [-0.2, -0.15) is 0 Å². The van der Waals surface area contributed by atoms with E-state index in [0.29, 0.717) is 17.5 Å². The smallest absolute Gasteiger partial charge is 0.164 e. The fourth-order valence-corrected chi connectivity index (χ4v) is 7.43. The molecule has 3 aromatic heterocycles. The van der Waals surface area contributed by atoms with Crippen molar-refractivity contribution in [3.63, 3.8) is 0 Å². The van der Waals surface area contributed by atoms with E-state index in [1.165, 1.54) is 0 Å². The SMILES string of the molecule is c1ccc(-c2cc(-c3nc(-c4ccccc4)nc(-c4cc(-c5ccccc5)cc(-c5nccc6ccccc56)c4)n3)cc(-c3nccc4ccccc34)c2)cc1. The van der Waals surface area contributed by atoms with E-state index in [-0.39, 0.29) is 0 Å². The molecule has 0 saturated carbocycles. The first-order chi connectivity index (χ1) is 27.7. The summed E-state index contributed by atoms with van der Waals surface area (Å²) in [6, 6.07) is 64.9. The molecule has 0 atom stereocenters. The van der Waals surface area contributed by atoms with Gasteiger partial charge in [0, 0.05) is 51.0 Å². The van der Waals surface area contributed by atoms with Crippen LogP contribution in [0.3, 0.4) is 0 Å². The summed E-state index contributed by atoms with van der Waals surface area (Å²) in [5.74, 6) is 1.74. The van der Waals surface area contributed by atoms with E-state index < -0.39 is 0 Å². The first-order valence-electron chi connectivity index (χ1n) is 18.7. The molecule has 56 heavy (non-hydrogen) atoms. The molecule has 0 N–H and O–H groups in total. The molecule has 0 fully saturated rings. The summed E-state index contributed by atoms with van der Waals surface area (Å²) >= 11 is 0. The first-order valence-corrected chi connectivity index (χ1v) is 18.7. The Labute approximate surface area is 324 Å². The molecule has 0 spiro atoms. The van der Waals surface area contributed by atoms with Crippen molar-refractivity contribution in [2.75, 3.05) is 0 Å². The largest absolute Gasteiger partial charge is 0.256 e. The minimum Gasteiger partial charge on any atom is -0.256 e. The number of aromatic nitrogens is 5. The van der Waals surface area contributed by atoms with E-state index in [4.69, 9.17) is 24.9 Å². The van der Waals surface area contributed by atoms with Crippen molar-refractivity contribution < 1.29 is 0 Å². The van der Waals surface area contributed by atoms with Crippen LogP contribution in [0.25, 0.3) is 100 Å². The van der Waals surface area contributed by atoms with Gasteiger partial charge in [-0.15, -0.1) is 0 Å². The zero-order chi connectivity index (χ0) is 37.3. The Morgan fingerprint density at radius 1 is 0.250 bits per heavy atom. The Morgan fingerprint density at radius 3 is 1.04 bits per heavy atom. The number of rotatable bonds is 7. The average molecular weight is 716 g/mol. The van der Waals surface area contributed by atoms with Crippen LogP contribution in [0, 0.1) is 0 Å². The van der Waals surface area contributed by atoms with Gasteiger partial charge in [0.2, 0.25) is 0 Å². The zero-order valence-corrected chi connectivity index (χ0v) is 30.3. The summed E-state index contributed by atoms with van der Waals surface area (Å²) in [5, 5.41) is 4.43. The van der Waals surface area contributed by atoms with Gasteiger partial charge in [0.15, 0.2) is 17.5 Å². The van der Waals surface area contributed by atoms with Gasteiger partial charge in [-0.1, -0.05) is 140 Å². The molecule has 5 heteroatoms. The van der Waals surface area contributed by atoms with Crippen LogP contribution in [0.4, 0.5) is 0 Å². The quantitative estimate of drug-likeness (QED) is 0.164. The van der Waals surface area contributed by atoms with Gasteiger partial charge in [0.25, 0.3) is 0 Å². The van der Waals surface area contributed by atoms with E-state index in [1.54, 1.807) is 0 Å². The second-order valence-corrected chi connectivity index (χ2v) is 13.8. The van der Waals surface area contributed by atoms with Gasteiger partial charge in [0.1, 0.15) is 0 Å². The normalized spacial score (nSPS) is 11.2. The Kier molecular flexibility index (Phi) is 8.43. The van der Waals surface area contributed by atoms with Gasteiger partial charge in [-0.25, -0.2) is 15.0 Å². The molecule has 3 heterocycles. The number of pyridine rings is 2. The second kappa shape index (κ2) is 14.3. The van der Waals surface area contributed by atoms with Crippen LogP contribution >= 0.6 is 0 Å². The Morgan fingerprint density at radius 2 is 0.589 bits per heavy atom. The number of hydrogen-bond acceptors (Lipinski definition) is 5. The van der Waals surface area contributed by atoms with Crippen LogP contribution in [-0.2, 0) is 0 Å². The number of fused-ring (bicyclic) bond motifs is 2. The van der Waals surface area contributed by atoms with Crippen molar-refractivity contribution in [1.82, 2.24) is 24.9 Å². The Balaban J connectivity index is 1.22. The standard InChI is InChI=1S/C51H33N5/c1-4-14-34(15-5-1)39-28-41(47-45-22-12-10-18-36(45)24-26-52-47)32-43(30-39)50-54-49(38-20-8-3-9-21-38)55-51(56-50)44-31-40(35-16-6-2-7-17-35)29-42(33-44)48-46-23-13-11-19-37(46)25-27-53-48/h1-33H. The molecule has 10 rings (SSSR count). The third-order valence-electron chi connectivity index (χ3n) is 10.2. The highest BCUT2D eigenvalue weighted by atomic mass is 15.0. The average Bonchev–Trinajstić information content (AvgIpc) is 3.29. The summed E-state index contributed by atoms with van der Waals surface area (Å²) in [7, 11) is 0. The molecule has 10 aromatic rings. The highest BCUT2D eigenvalue weighted by molar-refractivity contribution is 5.97. The van der Waals surface area contributed by atoms with E-state index >= 15 is 0 Å². The highest BCUT2D eigenvalue weighted by Crippen LogP contribution is 2.37. The van der Waals surface area contributed by atoms with Crippen molar-refractivity contribution in [3.05, 3.63) is 200 Å². The predicted molar refractivity (Wildman–Crippen MR) is 228 cm³/mol. The molecule has 5 nitrogen and oxygen atoms in total. The van der Waals surface area contributed by atoms with Gasteiger partial charge in [0.05, 0.1) is 11.4 Å². The van der Waals surface area contributed by atoms with Crippen LogP contribution in [0.1, 0.15) is 0 Å². The maximum Gasteiger partial charge on any atom is 0.164 e. The molecular weight excluding hydrogens is 683 g/mol. The van der Waals surface area contributed by atoms with Crippen LogP contribution in [0.5, 0.6) is 0 Å². The van der Waals surface area contributed by atoms with E-state index in [9.17, 15) is 0 Å². The van der Waals surface area contributed by atoms with Crippen LogP contribution in [0.15, 0.2) is 200 Å². The van der Waals surface area contributed by atoms with E-state index in [1.807, 2.05) is 54.9 Å². The van der Waals surface area contributed by atoms with Crippen molar-refractivity contribution in [2.45, 2.75) is 0 Å². The lowest BCUT2D eigenvalue weighted by atomic mass is 9.95. The maximum absolute atomic E-state index is 5.30. The molecule has 0 aliphatic rings. The monoisotopic (exact) mass is 715 g/mol. The molecule has 0 aliphatic heterocycles. The Bertz CT molecular complexity index is 2820. The lowest BCUT2D eigenvalue weighted by Gasteiger charge is -2.14. The first kappa shape index (κ1) is 33.0. The molecule has 0 bridgehead atoms. The number of hydrogen-bond donors (Lipinski definition) is 0. The molecular formula is C51H33N5. The van der Waals surface area contributed by atoms with Crippen LogP contribution in [0.2, 0.25) is 0 Å². The molecule has 0 radical (unpaired) electrons. The van der Waals surface area contributed by atoms with Gasteiger partial charge < -0.3 is 0 Å². The molecule has 0 aliphatic carbocycles. The minimum atomic E-state index is 0.572. The second-order valence-electron chi connectivity index (χ2n) is 13.8. The predicted octanol–water partition coefficient (Wildman–Crippen LogP) is 12.6. The highest BCUT2D eigenvalue weighted by Gasteiger charge is 2.18. The van der Waals surface area contributed by atoms with Crippen molar-refractivity contribution >= 4 is 21.5 Å². The lowest BCUT2D eigenvalue weighted by molar-refractivity contribution is 1.07. The van der Waals surface area contributed by atoms with Crippen molar-refractivity contribution in [2.24, 2.45) is 0 Å². The van der Waals surface area contributed by atoms with Crippen LogP contribution in [-0.4, -0.2) is 24.9 Å². The van der Waals surface area contributed by atoms with Crippen molar-refractivity contribution in [1.29, 1.82) is 0 Å². The van der Waals surface area contributed by atoms with Gasteiger partial charge in [-0.05, 0) is 81.6 Å². The van der Waals surface area contributed by atoms with Gasteiger partial charge >= 0.3 is 0 Å². The topological polar surface area (TPSA) is 64.5 Å². The maximum atomic E-state index is 5.30. The summed E-state index contributed by atoms with van der Waals surface area (Å²) < 4.78 is 0. The Hall–Kier alpha value is -7.63. The molecule has 0 saturated heterocycles. The third kappa shape index (κ3) is 6.37. The molecule has 0 amide bonds. The van der Waals surface area contributed by atoms with Crippen molar-refractivity contribution in [3.8, 4) is 78.9 Å². The fourth-order valence-electron chi connectivity index (χ4n) is 7.43.